The standard InChI is InChI=1S/C23H35ClN6O/c1-17(2)22-19(16-29(5)27-22)15-28(4)23(25-3)26-14-21(30-10-12-31-13-11-30)18-6-8-20(24)9-7-18/h6-9,16-17,21H,10-15H2,1-5H3,(H,25,26). The van der Waals surface area contributed by atoms with Gasteiger partial charge in [0.25, 0.3) is 0 Å². The van der Waals surface area contributed by atoms with Crippen LogP contribution in [0.4, 0.5) is 0 Å². The fourth-order valence-corrected chi connectivity index (χ4v) is 4.22. The van der Waals surface area contributed by atoms with Crippen molar-refractivity contribution in [2.24, 2.45) is 12.0 Å². The average Bonchev–Trinajstić information content (AvgIpc) is 3.13. The second kappa shape index (κ2) is 11.0. The summed E-state index contributed by atoms with van der Waals surface area (Å²) in [6, 6.07) is 8.36. The molecule has 31 heavy (non-hydrogen) atoms. The number of aromatic nitrogens is 2. The minimum Gasteiger partial charge on any atom is -0.379 e. The average molecular weight is 447 g/mol. The third-order valence-corrected chi connectivity index (χ3v) is 5.91. The lowest BCUT2D eigenvalue weighted by Crippen LogP contribution is -2.46. The van der Waals surface area contributed by atoms with Gasteiger partial charge in [0.1, 0.15) is 0 Å². The topological polar surface area (TPSA) is 57.9 Å². The quantitative estimate of drug-likeness (QED) is 0.522. The lowest BCUT2D eigenvalue weighted by molar-refractivity contribution is 0.0169. The van der Waals surface area contributed by atoms with Crippen LogP contribution < -0.4 is 5.32 Å². The molecule has 7 nitrogen and oxygen atoms in total. The van der Waals surface area contributed by atoms with E-state index >= 15 is 0 Å². The zero-order chi connectivity index (χ0) is 22.4. The summed E-state index contributed by atoms with van der Waals surface area (Å²) in [5, 5.41) is 8.97. The van der Waals surface area contributed by atoms with Gasteiger partial charge in [0, 0.05) is 64.1 Å². The summed E-state index contributed by atoms with van der Waals surface area (Å²) in [5.41, 5.74) is 3.61. The van der Waals surface area contributed by atoms with Gasteiger partial charge in [-0.15, -0.1) is 0 Å². The SMILES string of the molecule is CN=C(NCC(c1ccc(Cl)cc1)N1CCOCC1)N(C)Cc1cn(C)nc1C(C)C. The van der Waals surface area contributed by atoms with Crippen molar-refractivity contribution in [2.45, 2.75) is 32.4 Å². The lowest BCUT2D eigenvalue weighted by Gasteiger charge is -2.35. The number of benzene rings is 1. The highest BCUT2D eigenvalue weighted by Crippen LogP contribution is 2.23. The summed E-state index contributed by atoms with van der Waals surface area (Å²) in [6.07, 6.45) is 2.10. The predicted octanol–water partition coefficient (Wildman–Crippen LogP) is 3.28. The highest BCUT2D eigenvalue weighted by Gasteiger charge is 2.24. The molecule has 1 aliphatic heterocycles. The van der Waals surface area contributed by atoms with E-state index in [1.807, 2.05) is 30.9 Å². The van der Waals surface area contributed by atoms with E-state index in [2.05, 4.69) is 64.4 Å². The van der Waals surface area contributed by atoms with Crippen molar-refractivity contribution in [3.8, 4) is 0 Å². The largest absolute Gasteiger partial charge is 0.379 e. The predicted molar refractivity (Wildman–Crippen MR) is 127 cm³/mol. The van der Waals surface area contributed by atoms with Crippen molar-refractivity contribution >= 4 is 17.6 Å². The van der Waals surface area contributed by atoms with Crippen LogP contribution >= 0.6 is 11.6 Å². The number of aryl methyl sites for hydroxylation is 1. The first-order valence-electron chi connectivity index (χ1n) is 10.9. The van der Waals surface area contributed by atoms with Gasteiger partial charge in [0.05, 0.1) is 24.9 Å². The molecule has 0 saturated carbocycles. The highest BCUT2D eigenvalue weighted by molar-refractivity contribution is 6.30. The second-order valence-electron chi connectivity index (χ2n) is 8.37. The number of rotatable bonds is 7. The van der Waals surface area contributed by atoms with Gasteiger partial charge < -0.3 is 15.0 Å². The van der Waals surface area contributed by atoms with Gasteiger partial charge in [-0.25, -0.2) is 0 Å². The molecule has 2 heterocycles. The zero-order valence-corrected chi connectivity index (χ0v) is 20.1. The van der Waals surface area contributed by atoms with E-state index < -0.39 is 0 Å². The Labute approximate surface area is 191 Å². The van der Waals surface area contributed by atoms with Crippen LogP contribution in [0, 0.1) is 0 Å². The number of aliphatic imine (C=N–C) groups is 1. The fraction of sp³-hybridized carbons (Fsp3) is 0.565. The first kappa shape index (κ1) is 23.6. The molecular weight excluding hydrogens is 412 g/mol. The van der Waals surface area contributed by atoms with Gasteiger partial charge in [0.15, 0.2) is 5.96 Å². The summed E-state index contributed by atoms with van der Waals surface area (Å²) in [6.45, 7) is 9.21. The minimum atomic E-state index is 0.218. The molecule has 1 aromatic heterocycles. The maximum Gasteiger partial charge on any atom is 0.193 e. The Morgan fingerprint density at radius 2 is 1.94 bits per heavy atom. The summed E-state index contributed by atoms with van der Waals surface area (Å²) >= 11 is 6.13. The Morgan fingerprint density at radius 3 is 2.55 bits per heavy atom. The maximum absolute atomic E-state index is 6.13. The molecule has 1 N–H and O–H groups in total. The lowest BCUT2D eigenvalue weighted by atomic mass is 10.0. The number of guanidine groups is 1. The normalized spacial score (nSPS) is 16.5. The number of nitrogens with one attached hydrogen (secondary N) is 1. The molecule has 3 rings (SSSR count). The molecule has 170 valence electrons. The monoisotopic (exact) mass is 446 g/mol. The van der Waals surface area contributed by atoms with E-state index in [9.17, 15) is 0 Å². The van der Waals surface area contributed by atoms with Crippen LogP contribution in [0.5, 0.6) is 0 Å². The summed E-state index contributed by atoms with van der Waals surface area (Å²) < 4.78 is 7.46. The number of hydrogen-bond donors (Lipinski definition) is 1. The van der Waals surface area contributed by atoms with Crippen molar-refractivity contribution in [2.75, 3.05) is 46.9 Å². The van der Waals surface area contributed by atoms with Crippen LogP contribution in [0.1, 0.15) is 42.6 Å². The Kier molecular flexibility index (Phi) is 8.35. The van der Waals surface area contributed by atoms with E-state index in [4.69, 9.17) is 16.3 Å². The molecule has 1 unspecified atom stereocenters. The molecule has 1 aliphatic rings. The third kappa shape index (κ3) is 6.21. The molecule has 1 atom stereocenters. The zero-order valence-electron chi connectivity index (χ0n) is 19.3. The van der Waals surface area contributed by atoms with Crippen LogP contribution in [-0.2, 0) is 18.3 Å². The van der Waals surface area contributed by atoms with E-state index in [0.29, 0.717) is 5.92 Å². The number of hydrogen-bond acceptors (Lipinski definition) is 4. The van der Waals surface area contributed by atoms with Gasteiger partial charge in [-0.05, 0) is 23.6 Å². The molecule has 1 aromatic carbocycles. The van der Waals surface area contributed by atoms with E-state index in [1.165, 1.54) is 11.1 Å². The Balaban J connectivity index is 1.70. The number of nitrogens with zero attached hydrogens (tertiary/aromatic N) is 5. The van der Waals surface area contributed by atoms with Crippen LogP contribution in [0.2, 0.25) is 5.02 Å². The van der Waals surface area contributed by atoms with E-state index in [1.54, 1.807) is 0 Å². The Bertz CT molecular complexity index is 857. The van der Waals surface area contributed by atoms with Crippen molar-refractivity contribution in [3.05, 3.63) is 52.3 Å². The van der Waals surface area contributed by atoms with E-state index in [0.717, 1.165) is 56.1 Å². The molecule has 8 heteroatoms. The minimum absolute atomic E-state index is 0.218. The fourth-order valence-electron chi connectivity index (χ4n) is 4.10. The Hall–Kier alpha value is -2.09. The summed E-state index contributed by atoms with van der Waals surface area (Å²) in [7, 11) is 5.87. The van der Waals surface area contributed by atoms with Gasteiger partial charge in [0.2, 0.25) is 0 Å². The van der Waals surface area contributed by atoms with Crippen molar-refractivity contribution in [1.29, 1.82) is 0 Å². The molecule has 0 aliphatic carbocycles. The van der Waals surface area contributed by atoms with Gasteiger partial charge >= 0.3 is 0 Å². The van der Waals surface area contributed by atoms with Crippen molar-refractivity contribution in [1.82, 2.24) is 24.9 Å². The van der Waals surface area contributed by atoms with Gasteiger partial charge in [-0.1, -0.05) is 37.6 Å². The molecule has 1 saturated heterocycles. The molecule has 2 aromatic rings. The smallest absolute Gasteiger partial charge is 0.193 e. The van der Waals surface area contributed by atoms with Crippen molar-refractivity contribution in [3.63, 3.8) is 0 Å². The van der Waals surface area contributed by atoms with Gasteiger partial charge in [-0.3, -0.25) is 14.6 Å². The van der Waals surface area contributed by atoms with Crippen molar-refractivity contribution < 1.29 is 4.74 Å². The molecule has 1 fully saturated rings. The third-order valence-electron chi connectivity index (χ3n) is 5.66. The van der Waals surface area contributed by atoms with Crippen LogP contribution in [0.25, 0.3) is 0 Å². The van der Waals surface area contributed by atoms with Crippen LogP contribution in [0.15, 0.2) is 35.5 Å². The molecule has 0 spiro atoms. The number of morpholine rings is 1. The molecule has 0 radical (unpaired) electrons. The number of halogens is 1. The highest BCUT2D eigenvalue weighted by atomic mass is 35.5. The first-order chi connectivity index (χ1) is 14.9. The molecular formula is C23H35ClN6O. The molecule has 0 amide bonds. The van der Waals surface area contributed by atoms with Crippen LogP contribution in [-0.4, -0.2) is 72.5 Å². The summed E-state index contributed by atoms with van der Waals surface area (Å²) in [4.78, 5) is 9.15. The maximum atomic E-state index is 6.13. The Morgan fingerprint density at radius 1 is 1.26 bits per heavy atom. The summed E-state index contributed by atoms with van der Waals surface area (Å²) in [5.74, 6) is 1.25. The van der Waals surface area contributed by atoms with Gasteiger partial charge in [-0.2, -0.15) is 5.10 Å². The van der Waals surface area contributed by atoms with E-state index in [-0.39, 0.29) is 6.04 Å². The number of ether oxygens (including phenoxy) is 1. The second-order valence-corrected chi connectivity index (χ2v) is 8.80. The molecule has 0 bridgehead atoms. The van der Waals surface area contributed by atoms with Crippen LogP contribution in [0.3, 0.4) is 0 Å². The first-order valence-corrected chi connectivity index (χ1v) is 11.3.